The van der Waals surface area contributed by atoms with Crippen LogP contribution in [-0.2, 0) is 13.6 Å². The Hall–Kier alpha value is -2.85. The topological polar surface area (TPSA) is 28.5 Å². The van der Waals surface area contributed by atoms with Crippen LogP contribution < -0.4 is 0 Å². The van der Waals surface area contributed by atoms with Crippen molar-refractivity contribution in [3.63, 3.8) is 0 Å². The Morgan fingerprint density at radius 2 is 1.48 bits per heavy atom. The van der Waals surface area contributed by atoms with Gasteiger partial charge < -0.3 is 9.47 Å². The number of amides is 1. The molecule has 1 aliphatic heterocycles. The molecule has 2 heterocycles. The fraction of sp³-hybridized carbons (Fsp3) is 0.261. The van der Waals surface area contributed by atoms with E-state index in [1.165, 1.54) is 11.3 Å². The SMILES string of the molecule is Cn1cccc1CN1CCN(C(=O)c2ccc(-c3ccccc3)cc2)CC1. The number of benzene rings is 2. The molecule has 0 bridgehead atoms. The van der Waals surface area contributed by atoms with Gasteiger partial charge in [-0.1, -0.05) is 42.5 Å². The number of nitrogens with zero attached hydrogens (tertiary/aromatic N) is 3. The van der Waals surface area contributed by atoms with Crippen molar-refractivity contribution in [1.29, 1.82) is 0 Å². The third-order valence-corrected chi connectivity index (χ3v) is 5.34. The van der Waals surface area contributed by atoms with Gasteiger partial charge in [0.05, 0.1) is 0 Å². The van der Waals surface area contributed by atoms with Crippen molar-refractivity contribution in [1.82, 2.24) is 14.4 Å². The largest absolute Gasteiger partial charge is 0.353 e. The van der Waals surface area contributed by atoms with E-state index < -0.39 is 0 Å². The van der Waals surface area contributed by atoms with E-state index >= 15 is 0 Å². The molecule has 138 valence electrons. The van der Waals surface area contributed by atoms with Gasteiger partial charge in [-0.05, 0) is 35.4 Å². The average Bonchev–Trinajstić information content (AvgIpc) is 3.13. The molecule has 0 atom stereocenters. The lowest BCUT2D eigenvalue weighted by Crippen LogP contribution is -2.48. The molecule has 0 radical (unpaired) electrons. The second-order valence-electron chi connectivity index (χ2n) is 7.12. The molecule has 0 saturated carbocycles. The van der Waals surface area contributed by atoms with Crippen LogP contribution in [-0.4, -0.2) is 46.5 Å². The van der Waals surface area contributed by atoms with Crippen LogP contribution in [0.25, 0.3) is 11.1 Å². The first-order valence-electron chi connectivity index (χ1n) is 9.48. The fourth-order valence-corrected chi connectivity index (χ4v) is 3.62. The van der Waals surface area contributed by atoms with E-state index in [0.29, 0.717) is 0 Å². The van der Waals surface area contributed by atoms with Crippen molar-refractivity contribution in [2.45, 2.75) is 6.54 Å². The lowest BCUT2D eigenvalue weighted by Gasteiger charge is -2.34. The number of aryl methyl sites for hydroxylation is 1. The Kier molecular flexibility index (Phi) is 5.07. The van der Waals surface area contributed by atoms with Crippen LogP contribution in [0.15, 0.2) is 72.9 Å². The fourth-order valence-electron chi connectivity index (χ4n) is 3.62. The molecule has 1 fully saturated rings. The van der Waals surface area contributed by atoms with Crippen molar-refractivity contribution in [2.24, 2.45) is 7.05 Å². The number of carbonyl (C=O) groups is 1. The molecule has 0 aliphatic carbocycles. The Balaban J connectivity index is 1.36. The first-order valence-corrected chi connectivity index (χ1v) is 9.48. The van der Waals surface area contributed by atoms with Crippen LogP contribution in [0.3, 0.4) is 0 Å². The smallest absolute Gasteiger partial charge is 0.253 e. The van der Waals surface area contributed by atoms with Crippen LogP contribution in [0.1, 0.15) is 16.1 Å². The Morgan fingerprint density at radius 3 is 2.11 bits per heavy atom. The molecule has 1 saturated heterocycles. The lowest BCUT2D eigenvalue weighted by atomic mass is 10.0. The summed E-state index contributed by atoms with van der Waals surface area (Å²) in [7, 11) is 2.08. The molecule has 0 N–H and O–H groups in total. The third-order valence-electron chi connectivity index (χ3n) is 5.34. The van der Waals surface area contributed by atoms with E-state index in [1.807, 2.05) is 47.4 Å². The molecule has 1 aliphatic rings. The summed E-state index contributed by atoms with van der Waals surface area (Å²) in [6.07, 6.45) is 2.08. The van der Waals surface area contributed by atoms with Crippen LogP contribution >= 0.6 is 0 Å². The summed E-state index contributed by atoms with van der Waals surface area (Å²) < 4.78 is 2.16. The van der Waals surface area contributed by atoms with Crippen LogP contribution in [0, 0.1) is 0 Å². The predicted octanol–water partition coefficient (Wildman–Crippen LogP) is 3.65. The molecule has 4 rings (SSSR count). The molecule has 27 heavy (non-hydrogen) atoms. The van der Waals surface area contributed by atoms with Gasteiger partial charge in [0.2, 0.25) is 0 Å². The molecule has 4 nitrogen and oxygen atoms in total. The van der Waals surface area contributed by atoms with Gasteiger partial charge in [-0.3, -0.25) is 9.69 Å². The second kappa shape index (κ2) is 7.80. The second-order valence-corrected chi connectivity index (χ2v) is 7.12. The molecule has 1 aromatic heterocycles. The van der Waals surface area contributed by atoms with Gasteiger partial charge in [0, 0.05) is 57.2 Å². The van der Waals surface area contributed by atoms with Crippen LogP contribution in [0.2, 0.25) is 0 Å². The highest BCUT2D eigenvalue weighted by atomic mass is 16.2. The third kappa shape index (κ3) is 3.96. The quantitative estimate of drug-likeness (QED) is 0.711. The molecular formula is C23H25N3O. The first-order chi connectivity index (χ1) is 13.2. The van der Waals surface area contributed by atoms with Crippen LogP contribution in [0.4, 0.5) is 0 Å². The number of rotatable bonds is 4. The molecule has 1 amide bonds. The summed E-state index contributed by atoms with van der Waals surface area (Å²) in [6.45, 7) is 4.34. The number of hydrogen-bond donors (Lipinski definition) is 0. The summed E-state index contributed by atoms with van der Waals surface area (Å²) in [5.41, 5.74) is 4.39. The zero-order valence-corrected chi connectivity index (χ0v) is 15.7. The maximum absolute atomic E-state index is 12.8. The van der Waals surface area contributed by atoms with E-state index in [9.17, 15) is 4.79 Å². The average molecular weight is 359 g/mol. The standard InChI is InChI=1S/C23H25N3O/c1-24-13-5-8-22(24)18-25-14-16-26(17-15-25)23(27)21-11-9-20(10-12-21)19-6-3-2-4-7-19/h2-13H,14-18H2,1H3. The first kappa shape index (κ1) is 17.6. The van der Waals surface area contributed by atoms with E-state index in [-0.39, 0.29) is 5.91 Å². The van der Waals surface area contributed by atoms with Crippen molar-refractivity contribution in [3.05, 3.63) is 84.2 Å². The Labute approximate surface area is 160 Å². The number of aromatic nitrogens is 1. The van der Waals surface area contributed by atoms with Crippen molar-refractivity contribution in [2.75, 3.05) is 26.2 Å². The number of carbonyl (C=O) groups excluding carboxylic acids is 1. The van der Waals surface area contributed by atoms with E-state index in [4.69, 9.17) is 0 Å². The molecule has 0 spiro atoms. The summed E-state index contributed by atoms with van der Waals surface area (Å²) in [5.74, 6) is 0.133. The molecular weight excluding hydrogens is 334 g/mol. The minimum absolute atomic E-state index is 0.133. The van der Waals surface area contributed by atoms with Gasteiger partial charge in [0.1, 0.15) is 0 Å². The summed E-state index contributed by atoms with van der Waals surface area (Å²) in [5, 5.41) is 0. The van der Waals surface area contributed by atoms with Crippen molar-refractivity contribution < 1.29 is 4.79 Å². The summed E-state index contributed by atoms with van der Waals surface area (Å²) >= 11 is 0. The minimum Gasteiger partial charge on any atom is -0.353 e. The molecule has 3 aromatic rings. The maximum atomic E-state index is 12.8. The van der Waals surface area contributed by atoms with Crippen molar-refractivity contribution >= 4 is 5.91 Å². The summed E-state index contributed by atoms with van der Waals surface area (Å²) in [6, 6.07) is 22.4. The van der Waals surface area contributed by atoms with Gasteiger partial charge in [-0.25, -0.2) is 0 Å². The zero-order valence-electron chi connectivity index (χ0n) is 15.7. The Morgan fingerprint density at radius 1 is 0.815 bits per heavy atom. The molecule has 0 unspecified atom stereocenters. The van der Waals surface area contributed by atoms with Gasteiger partial charge in [-0.2, -0.15) is 0 Å². The zero-order chi connectivity index (χ0) is 18.6. The monoisotopic (exact) mass is 359 g/mol. The van der Waals surface area contributed by atoms with E-state index in [1.54, 1.807) is 0 Å². The lowest BCUT2D eigenvalue weighted by molar-refractivity contribution is 0.0626. The van der Waals surface area contributed by atoms with E-state index in [0.717, 1.165) is 43.9 Å². The van der Waals surface area contributed by atoms with Gasteiger partial charge in [0.25, 0.3) is 5.91 Å². The van der Waals surface area contributed by atoms with E-state index in [2.05, 4.69) is 47.0 Å². The predicted molar refractivity (Wildman–Crippen MR) is 108 cm³/mol. The van der Waals surface area contributed by atoms with Gasteiger partial charge in [-0.15, -0.1) is 0 Å². The maximum Gasteiger partial charge on any atom is 0.253 e. The number of piperazine rings is 1. The molecule has 4 heteroatoms. The highest BCUT2D eigenvalue weighted by Crippen LogP contribution is 2.20. The normalized spacial score (nSPS) is 15.1. The van der Waals surface area contributed by atoms with Gasteiger partial charge in [0.15, 0.2) is 0 Å². The Bertz CT molecular complexity index is 891. The highest BCUT2D eigenvalue weighted by Gasteiger charge is 2.22. The van der Waals surface area contributed by atoms with Gasteiger partial charge >= 0.3 is 0 Å². The number of hydrogen-bond acceptors (Lipinski definition) is 2. The van der Waals surface area contributed by atoms with Crippen molar-refractivity contribution in [3.8, 4) is 11.1 Å². The highest BCUT2D eigenvalue weighted by molar-refractivity contribution is 5.94. The minimum atomic E-state index is 0.133. The summed E-state index contributed by atoms with van der Waals surface area (Å²) in [4.78, 5) is 17.2. The van der Waals surface area contributed by atoms with Crippen LogP contribution in [0.5, 0.6) is 0 Å². The molecule has 2 aromatic carbocycles.